The molecule has 0 aliphatic carbocycles. The van der Waals surface area contributed by atoms with Gasteiger partial charge in [0.25, 0.3) is 0 Å². The number of hydrogen-bond acceptors (Lipinski definition) is 2. The van der Waals surface area contributed by atoms with Gasteiger partial charge in [0.2, 0.25) is 0 Å². The second kappa shape index (κ2) is 2.86. The molecule has 1 aliphatic heterocycles. The molecule has 56 valence electrons. The van der Waals surface area contributed by atoms with Gasteiger partial charge in [-0.15, -0.1) is 0 Å². The molecule has 1 aliphatic rings. The molecule has 5 heteroatoms. The van der Waals surface area contributed by atoms with Gasteiger partial charge in [0.15, 0.2) is 0 Å². The van der Waals surface area contributed by atoms with Gasteiger partial charge >= 0.3 is 0 Å². The molecule has 0 N–H and O–H groups in total. The van der Waals surface area contributed by atoms with E-state index < -0.39 is 12.2 Å². The third-order valence-corrected chi connectivity index (χ3v) is 1.60. The zero-order valence-electron chi connectivity index (χ0n) is 5.74. The van der Waals surface area contributed by atoms with Gasteiger partial charge in [0.05, 0.1) is 6.04 Å². The normalized spacial score (nSPS) is 33.8. The van der Waals surface area contributed by atoms with Gasteiger partial charge in [0.1, 0.15) is 6.17 Å². The fraction of sp³-hybridized carbons (Fsp3) is 1.00. The van der Waals surface area contributed by atoms with Crippen molar-refractivity contribution >= 4 is 0 Å². The predicted molar refractivity (Wildman–Crippen MR) is 35.3 cm³/mol. The van der Waals surface area contributed by atoms with Crippen molar-refractivity contribution in [2.24, 2.45) is 5.11 Å². The highest BCUT2D eigenvalue weighted by atomic mass is 19.1. The number of azide groups is 1. The molecule has 0 amide bonds. The summed E-state index contributed by atoms with van der Waals surface area (Å²) in [7, 11) is 1.81. The molecule has 1 heterocycles. The van der Waals surface area contributed by atoms with Crippen molar-refractivity contribution in [3.63, 3.8) is 0 Å². The van der Waals surface area contributed by atoms with Gasteiger partial charge in [0, 0.05) is 18.0 Å². The van der Waals surface area contributed by atoms with Crippen LogP contribution in [0.3, 0.4) is 0 Å². The second-order valence-corrected chi connectivity index (χ2v) is 2.51. The molecule has 0 aromatic carbocycles. The van der Waals surface area contributed by atoms with Crippen LogP contribution in [0.4, 0.5) is 4.39 Å². The molecule has 0 aromatic rings. The fourth-order valence-electron chi connectivity index (χ4n) is 1.10. The number of halogens is 1. The van der Waals surface area contributed by atoms with Gasteiger partial charge in [-0.25, -0.2) is 4.39 Å². The maximum atomic E-state index is 12.7. The lowest BCUT2D eigenvalue weighted by molar-refractivity contribution is 0.309. The third-order valence-electron chi connectivity index (χ3n) is 1.60. The molecular formula is C5H9FN4. The summed E-state index contributed by atoms with van der Waals surface area (Å²) in [5.74, 6) is 0. The SMILES string of the molecule is CN1C[C@H](F)[C@H](N=[N+]=[N-])C1. The Labute approximate surface area is 58.3 Å². The highest BCUT2D eigenvalue weighted by Gasteiger charge is 2.29. The van der Waals surface area contributed by atoms with Crippen molar-refractivity contribution in [1.29, 1.82) is 0 Å². The lowest BCUT2D eigenvalue weighted by atomic mass is 10.2. The number of nitrogens with zero attached hydrogens (tertiary/aromatic N) is 4. The van der Waals surface area contributed by atoms with Gasteiger partial charge in [-0.3, -0.25) is 0 Å². The average Bonchev–Trinajstić information content (AvgIpc) is 2.13. The molecular weight excluding hydrogens is 135 g/mol. The van der Waals surface area contributed by atoms with Crippen LogP contribution in [-0.2, 0) is 0 Å². The highest BCUT2D eigenvalue weighted by molar-refractivity contribution is 4.87. The monoisotopic (exact) mass is 144 g/mol. The summed E-state index contributed by atoms with van der Waals surface area (Å²) in [5.41, 5.74) is 8.00. The van der Waals surface area contributed by atoms with E-state index in [-0.39, 0.29) is 0 Å². The summed E-state index contributed by atoms with van der Waals surface area (Å²) in [6.07, 6.45) is -0.985. The first-order chi connectivity index (χ1) is 4.74. The maximum Gasteiger partial charge on any atom is 0.122 e. The van der Waals surface area contributed by atoms with Crippen molar-refractivity contribution < 1.29 is 4.39 Å². The third kappa shape index (κ3) is 1.37. The molecule has 1 fully saturated rings. The summed E-state index contributed by atoms with van der Waals surface area (Å²) in [4.78, 5) is 4.37. The van der Waals surface area contributed by atoms with Gasteiger partial charge in [-0.1, -0.05) is 5.11 Å². The lowest BCUT2D eigenvalue weighted by Crippen LogP contribution is -2.15. The molecule has 0 radical (unpaired) electrons. The minimum Gasteiger partial charge on any atom is -0.303 e. The molecule has 10 heavy (non-hydrogen) atoms. The van der Waals surface area contributed by atoms with Crippen molar-refractivity contribution in [2.45, 2.75) is 12.2 Å². The van der Waals surface area contributed by atoms with Crippen molar-refractivity contribution in [2.75, 3.05) is 20.1 Å². The predicted octanol–water partition coefficient (Wildman–Crippen LogP) is 0.949. The van der Waals surface area contributed by atoms with E-state index >= 15 is 0 Å². The Morgan fingerprint density at radius 1 is 1.70 bits per heavy atom. The van der Waals surface area contributed by atoms with Gasteiger partial charge in [-0.2, -0.15) is 0 Å². The number of hydrogen-bond donors (Lipinski definition) is 0. The van der Waals surface area contributed by atoms with E-state index in [2.05, 4.69) is 10.0 Å². The molecule has 2 atom stereocenters. The van der Waals surface area contributed by atoms with Crippen LogP contribution in [0, 0.1) is 0 Å². The van der Waals surface area contributed by atoms with Crippen LogP contribution in [0.1, 0.15) is 0 Å². The number of likely N-dealkylation sites (N-methyl/N-ethyl adjacent to an activating group) is 1. The van der Waals surface area contributed by atoms with Crippen molar-refractivity contribution in [3.05, 3.63) is 10.4 Å². The van der Waals surface area contributed by atoms with Crippen LogP contribution >= 0.6 is 0 Å². The van der Waals surface area contributed by atoms with Crippen LogP contribution in [-0.4, -0.2) is 37.3 Å². The van der Waals surface area contributed by atoms with Crippen LogP contribution in [0.25, 0.3) is 10.4 Å². The molecule has 0 saturated carbocycles. The Morgan fingerprint density at radius 2 is 2.40 bits per heavy atom. The Kier molecular flexibility index (Phi) is 2.09. The molecule has 4 nitrogen and oxygen atoms in total. The number of likely N-dealkylation sites (tertiary alicyclic amines) is 1. The van der Waals surface area contributed by atoms with E-state index in [0.717, 1.165) is 0 Å². The van der Waals surface area contributed by atoms with Crippen molar-refractivity contribution in [1.82, 2.24) is 4.90 Å². The smallest absolute Gasteiger partial charge is 0.122 e. The van der Waals surface area contributed by atoms with E-state index in [4.69, 9.17) is 5.53 Å². The molecule has 0 aromatic heterocycles. The van der Waals surface area contributed by atoms with Crippen LogP contribution < -0.4 is 0 Å². The number of alkyl halides is 1. The van der Waals surface area contributed by atoms with Crippen LogP contribution in [0.5, 0.6) is 0 Å². The first-order valence-corrected chi connectivity index (χ1v) is 3.11. The van der Waals surface area contributed by atoms with Crippen LogP contribution in [0.15, 0.2) is 5.11 Å². The minimum absolute atomic E-state index is 0.379. The number of rotatable bonds is 1. The Morgan fingerprint density at radius 3 is 2.80 bits per heavy atom. The summed E-state index contributed by atoms with van der Waals surface area (Å²) in [6, 6.07) is -0.477. The van der Waals surface area contributed by atoms with E-state index in [0.29, 0.717) is 13.1 Å². The quantitative estimate of drug-likeness (QED) is 0.307. The highest BCUT2D eigenvalue weighted by Crippen LogP contribution is 2.14. The molecule has 1 saturated heterocycles. The van der Waals surface area contributed by atoms with E-state index in [9.17, 15) is 4.39 Å². The molecule has 0 bridgehead atoms. The van der Waals surface area contributed by atoms with Gasteiger partial charge in [-0.05, 0) is 12.6 Å². The average molecular weight is 144 g/mol. The summed E-state index contributed by atoms with van der Waals surface area (Å²) in [5, 5.41) is 3.32. The lowest BCUT2D eigenvalue weighted by Gasteiger charge is -2.02. The van der Waals surface area contributed by atoms with Gasteiger partial charge < -0.3 is 4.90 Å². The minimum atomic E-state index is -0.985. The summed E-state index contributed by atoms with van der Waals surface area (Å²) >= 11 is 0. The molecule has 0 unspecified atom stereocenters. The first-order valence-electron chi connectivity index (χ1n) is 3.11. The zero-order chi connectivity index (χ0) is 7.56. The Bertz CT molecular complexity index is 165. The molecule has 0 spiro atoms. The first kappa shape index (κ1) is 7.31. The van der Waals surface area contributed by atoms with Crippen molar-refractivity contribution in [3.8, 4) is 0 Å². The maximum absolute atomic E-state index is 12.7. The fourth-order valence-corrected chi connectivity index (χ4v) is 1.10. The topological polar surface area (TPSA) is 52.0 Å². The standard InChI is InChI=1S/C5H9FN4/c1-10-2-4(6)5(3-10)8-9-7/h4-5H,2-3H2,1H3/t4-,5+/m0/s1. The Hall–Kier alpha value is -0.800. The second-order valence-electron chi connectivity index (χ2n) is 2.51. The van der Waals surface area contributed by atoms with E-state index in [1.165, 1.54) is 0 Å². The largest absolute Gasteiger partial charge is 0.303 e. The molecule has 1 rings (SSSR count). The summed E-state index contributed by atoms with van der Waals surface area (Å²) < 4.78 is 12.7. The zero-order valence-corrected chi connectivity index (χ0v) is 5.74. The van der Waals surface area contributed by atoms with E-state index in [1.807, 2.05) is 4.90 Å². The van der Waals surface area contributed by atoms with Crippen LogP contribution in [0.2, 0.25) is 0 Å². The Balaban J connectivity index is 2.54. The summed E-state index contributed by atoms with van der Waals surface area (Å²) in [6.45, 7) is 0.912. The van der Waals surface area contributed by atoms with E-state index in [1.54, 1.807) is 7.05 Å².